The Labute approximate surface area is 159 Å². The first-order valence-corrected chi connectivity index (χ1v) is 10.1. The van der Waals surface area contributed by atoms with E-state index in [4.69, 9.17) is 9.15 Å². The van der Waals surface area contributed by atoms with Crippen molar-refractivity contribution in [2.45, 2.75) is 11.3 Å². The molecule has 1 aliphatic rings. The van der Waals surface area contributed by atoms with Crippen molar-refractivity contribution in [3.63, 3.8) is 0 Å². The summed E-state index contributed by atoms with van der Waals surface area (Å²) in [6.45, 7) is 1.76. The number of carbonyl (C=O) groups is 1. The maximum absolute atomic E-state index is 13.5. The number of halogens is 3. The van der Waals surface area contributed by atoms with Crippen LogP contribution in [0.4, 0.5) is 24.5 Å². The number of rotatable bonds is 4. The first-order chi connectivity index (χ1) is 13.1. The maximum Gasteiger partial charge on any atom is 0.418 e. The molecule has 3 rings (SSSR count). The summed E-state index contributed by atoms with van der Waals surface area (Å²) in [5.41, 5.74) is -1.10. The Bertz CT molecular complexity index is 979. The van der Waals surface area contributed by atoms with Crippen LogP contribution >= 0.6 is 0 Å². The highest BCUT2D eigenvalue weighted by molar-refractivity contribution is 7.90. The Morgan fingerprint density at radius 2 is 1.82 bits per heavy atom. The van der Waals surface area contributed by atoms with Gasteiger partial charge in [-0.15, -0.1) is 0 Å². The molecule has 1 saturated heterocycles. The van der Waals surface area contributed by atoms with E-state index in [-0.39, 0.29) is 0 Å². The molecule has 0 radical (unpaired) electrons. The highest BCUT2D eigenvalue weighted by Crippen LogP contribution is 2.37. The lowest BCUT2D eigenvalue weighted by Crippen LogP contribution is -2.36. The van der Waals surface area contributed by atoms with Crippen LogP contribution in [0, 0.1) is 0 Å². The second kappa shape index (κ2) is 7.47. The minimum Gasteiger partial charge on any atom is -0.440 e. The van der Waals surface area contributed by atoms with E-state index < -0.39 is 44.0 Å². The summed E-state index contributed by atoms with van der Waals surface area (Å²) in [6, 6.07) is 5.74. The van der Waals surface area contributed by atoms with Crippen molar-refractivity contribution in [2.75, 3.05) is 42.8 Å². The molecule has 1 aliphatic heterocycles. The van der Waals surface area contributed by atoms with E-state index in [0.717, 1.165) is 30.5 Å². The summed E-state index contributed by atoms with van der Waals surface area (Å²) in [6.07, 6.45) is -3.81. The fourth-order valence-corrected chi connectivity index (χ4v) is 3.28. The number of alkyl halides is 3. The van der Waals surface area contributed by atoms with Crippen LogP contribution in [0.25, 0.3) is 0 Å². The van der Waals surface area contributed by atoms with Gasteiger partial charge >= 0.3 is 6.18 Å². The molecule has 7 nitrogen and oxygen atoms in total. The lowest BCUT2D eigenvalue weighted by molar-refractivity contribution is -0.136. The van der Waals surface area contributed by atoms with E-state index in [9.17, 15) is 26.4 Å². The van der Waals surface area contributed by atoms with Gasteiger partial charge in [0.25, 0.3) is 5.91 Å². The second-order valence-electron chi connectivity index (χ2n) is 6.17. The first kappa shape index (κ1) is 20.2. The van der Waals surface area contributed by atoms with Crippen LogP contribution < -0.4 is 10.2 Å². The zero-order valence-corrected chi connectivity index (χ0v) is 15.6. The zero-order chi connectivity index (χ0) is 20.5. The Hall–Kier alpha value is -2.53. The average molecular weight is 418 g/mol. The van der Waals surface area contributed by atoms with E-state index >= 15 is 0 Å². The molecule has 1 aromatic heterocycles. The molecule has 0 saturated carbocycles. The van der Waals surface area contributed by atoms with Crippen LogP contribution in [0.2, 0.25) is 0 Å². The number of nitrogens with one attached hydrogen (secondary N) is 1. The van der Waals surface area contributed by atoms with Gasteiger partial charge in [0.2, 0.25) is 14.9 Å². The normalized spacial score (nSPS) is 15.5. The first-order valence-electron chi connectivity index (χ1n) is 8.21. The second-order valence-corrected chi connectivity index (χ2v) is 8.12. The van der Waals surface area contributed by atoms with Crippen molar-refractivity contribution in [3.8, 4) is 0 Å². The molecule has 1 amide bonds. The maximum atomic E-state index is 13.5. The lowest BCUT2D eigenvalue weighted by Gasteiger charge is -2.29. The Kier molecular flexibility index (Phi) is 5.39. The molecule has 0 spiro atoms. The molecule has 0 aliphatic carbocycles. The summed E-state index contributed by atoms with van der Waals surface area (Å²) in [7, 11) is -3.68. The van der Waals surface area contributed by atoms with Crippen LogP contribution in [-0.4, -0.2) is 46.9 Å². The van der Waals surface area contributed by atoms with Gasteiger partial charge in [0.1, 0.15) is 0 Å². The Balaban J connectivity index is 1.88. The highest BCUT2D eigenvalue weighted by Gasteiger charge is 2.35. The van der Waals surface area contributed by atoms with Gasteiger partial charge in [0.05, 0.1) is 24.5 Å². The van der Waals surface area contributed by atoms with Gasteiger partial charge in [0, 0.05) is 25.0 Å². The Morgan fingerprint density at radius 3 is 2.39 bits per heavy atom. The van der Waals surface area contributed by atoms with Gasteiger partial charge in [-0.2, -0.15) is 13.2 Å². The van der Waals surface area contributed by atoms with Crippen molar-refractivity contribution in [1.82, 2.24) is 0 Å². The summed E-state index contributed by atoms with van der Waals surface area (Å²) >= 11 is 0. The molecule has 1 fully saturated rings. The predicted molar refractivity (Wildman–Crippen MR) is 94.2 cm³/mol. The van der Waals surface area contributed by atoms with Crippen molar-refractivity contribution in [2.24, 2.45) is 0 Å². The minimum atomic E-state index is -4.70. The molecule has 28 heavy (non-hydrogen) atoms. The zero-order valence-electron chi connectivity index (χ0n) is 14.7. The molecule has 0 unspecified atom stereocenters. The van der Waals surface area contributed by atoms with E-state index in [1.54, 1.807) is 4.90 Å². The molecular weight excluding hydrogens is 401 g/mol. The van der Waals surface area contributed by atoms with E-state index in [1.807, 2.05) is 0 Å². The average Bonchev–Trinajstić information content (AvgIpc) is 3.12. The van der Waals surface area contributed by atoms with Crippen molar-refractivity contribution in [3.05, 3.63) is 41.7 Å². The molecule has 1 aromatic carbocycles. The number of sulfone groups is 1. The van der Waals surface area contributed by atoms with Crippen LogP contribution in [0.3, 0.4) is 0 Å². The number of nitrogens with zero attached hydrogens (tertiary/aromatic N) is 1. The number of hydrogen-bond donors (Lipinski definition) is 1. The van der Waals surface area contributed by atoms with Gasteiger partial charge in [0.15, 0.2) is 5.76 Å². The quantitative estimate of drug-likeness (QED) is 0.822. The van der Waals surface area contributed by atoms with E-state index in [2.05, 4.69) is 5.32 Å². The van der Waals surface area contributed by atoms with Gasteiger partial charge in [-0.1, -0.05) is 0 Å². The van der Waals surface area contributed by atoms with Crippen LogP contribution in [0.5, 0.6) is 0 Å². The fourth-order valence-electron chi connectivity index (χ4n) is 2.72. The van der Waals surface area contributed by atoms with Crippen LogP contribution in [0.15, 0.2) is 39.8 Å². The number of hydrogen-bond acceptors (Lipinski definition) is 6. The summed E-state index contributed by atoms with van der Waals surface area (Å²) < 4.78 is 73.5. The molecule has 2 heterocycles. The molecule has 2 aromatic rings. The molecular formula is C17H17F3N2O5S. The molecule has 1 N–H and O–H groups in total. The van der Waals surface area contributed by atoms with E-state index in [0.29, 0.717) is 32.0 Å². The van der Waals surface area contributed by atoms with Crippen molar-refractivity contribution < 1.29 is 35.5 Å². The monoisotopic (exact) mass is 418 g/mol. The Morgan fingerprint density at radius 1 is 1.14 bits per heavy atom. The van der Waals surface area contributed by atoms with Crippen molar-refractivity contribution in [1.29, 1.82) is 0 Å². The number of morpholine rings is 1. The van der Waals surface area contributed by atoms with Gasteiger partial charge < -0.3 is 19.4 Å². The van der Waals surface area contributed by atoms with Crippen LogP contribution in [-0.2, 0) is 20.8 Å². The lowest BCUT2D eigenvalue weighted by atomic mass is 10.1. The standard InChI is InChI=1S/C17H17F3N2O5S/c1-28(24,25)15-5-4-14(27-15)16(23)21-13-3-2-11(10-12(13)17(18,19)20)22-6-8-26-9-7-22/h2-5,10H,6-9H2,1H3,(H,21,23). The number of amides is 1. The SMILES string of the molecule is CS(=O)(=O)c1ccc(C(=O)Nc2ccc(N3CCOCC3)cc2C(F)(F)F)o1. The molecule has 0 bridgehead atoms. The summed E-state index contributed by atoms with van der Waals surface area (Å²) in [5, 5.41) is 1.69. The molecule has 152 valence electrons. The summed E-state index contributed by atoms with van der Waals surface area (Å²) in [4.78, 5) is 14.0. The smallest absolute Gasteiger partial charge is 0.418 e. The number of ether oxygens (including phenoxy) is 1. The number of furan rings is 1. The van der Waals surface area contributed by atoms with Crippen LogP contribution in [0.1, 0.15) is 16.1 Å². The van der Waals surface area contributed by atoms with Gasteiger partial charge in [-0.3, -0.25) is 4.79 Å². The third-order valence-electron chi connectivity index (χ3n) is 4.10. The predicted octanol–water partition coefficient (Wildman–Crippen LogP) is 2.79. The van der Waals surface area contributed by atoms with Gasteiger partial charge in [-0.05, 0) is 30.3 Å². The molecule has 0 atom stereocenters. The van der Waals surface area contributed by atoms with Crippen molar-refractivity contribution >= 4 is 27.1 Å². The number of anilines is 2. The summed E-state index contributed by atoms with van der Waals surface area (Å²) in [5.74, 6) is -1.40. The third-order valence-corrected chi connectivity index (χ3v) is 5.05. The third kappa shape index (κ3) is 4.47. The number of benzene rings is 1. The highest BCUT2D eigenvalue weighted by atomic mass is 32.2. The van der Waals surface area contributed by atoms with Gasteiger partial charge in [-0.25, -0.2) is 8.42 Å². The molecule has 11 heteroatoms. The fraction of sp³-hybridized carbons (Fsp3) is 0.353. The minimum absolute atomic E-state index is 0.367. The number of carbonyl (C=O) groups excluding carboxylic acids is 1. The van der Waals surface area contributed by atoms with E-state index in [1.165, 1.54) is 6.07 Å². The topological polar surface area (TPSA) is 88.9 Å². The largest absolute Gasteiger partial charge is 0.440 e.